The van der Waals surface area contributed by atoms with Gasteiger partial charge in [-0.25, -0.2) is 8.78 Å². The number of halogens is 4. The lowest BCUT2D eigenvalue weighted by atomic mass is 10.0. The van der Waals surface area contributed by atoms with E-state index in [1.54, 1.807) is 0 Å². The van der Waals surface area contributed by atoms with Gasteiger partial charge in [-0.15, -0.1) is 24.8 Å². The highest BCUT2D eigenvalue weighted by molar-refractivity contribution is 5.85. The van der Waals surface area contributed by atoms with Gasteiger partial charge in [0.05, 0.1) is 0 Å². The van der Waals surface area contributed by atoms with Gasteiger partial charge >= 0.3 is 0 Å². The van der Waals surface area contributed by atoms with Crippen molar-refractivity contribution in [3.63, 3.8) is 0 Å². The van der Waals surface area contributed by atoms with Crippen LogP contribution in [0.15, 0.2) is 18.2 Å². The summed E-state index contributed by atoms with van der Waals surface area (Å²) in [5, 5.41) is 3.22. The van der Waals surface area contributed by atoms with Crippen LogP contribution < -0.4 is 5.32 Å². The molecule has 1 aliphatic heterocycles. The zero-order valence-electron chi connectivity index (χ0n) is 10.2. The normalized spacial score (nSPS) is 17.5. The molecule has 1 atom stereocenters. The lowest BCUT2D eigenvalue weighted by Gasteiger charge is -2.33. The van der Waals surface area contributed by atoms with E-state index in [-0.39, 0.29) is 36.4 Å². The van der Waals surface area contributed by atoms with Gasteiger partial charge in [0.1, 0.15) is 11.6 Å². The fourth-order valence-electron chi connectivity index (χ4n) is 2.16. The minimum Gasteiger partial charge on any atom is -0.314 e. The van der Waals surface area contributed by atoms with E-state index in [2.05, 4.69) is 10.2 Å². The molecule has 0 spiro atoms. The van der Waals surface area contributed by atoms with Crippen LogP contribution in [0.25, 0.3) is 0 Å². The smallest absolute Gasteiger partial charge is 0.130 e. The van der Waals surface area contributed by atoms with Crippen molar-refractivity contribution in [3.05, 3.63) is 35.4 Å². The Kier molecular flexibility index (Phi) is 7.71. The molecule has 1 aliphatic rings. The second-order valence-electron chi connectivity index (χ2n) is 4.10. The van der Waals surface area contributed by atoms with E-state index < -0.39 is 11.6 Å². The molecule has 104 valence electrons. The molecule has 1 unspecified atom stereocenters. The molecule has 1 aromatic carbocycles. The molecular weight excluding hydrogens is 281 g/mol. The summed E-state index contributed by atoms with van der Waals surface area (Å²) in [5.74, 6) is -0.905. The average molecular weight is 299 g/mol. The van der Waals surface area contributed by atoms with Crippen molar-refractivity contribution in [1.29, 1.82) is 0 Å². The molecular formula is C12H18Cl2F2N2. The summed E-state index contributed by atoms with van der Waals surface area (Å²) >= 11 is 0. The van der Waals surface area contributed by atoms with E-state index in [0.29, 0.717) is 0 Å². The first kappa shape index (κ1) is 17.6. The summed E-state index contributed by atoms with van der Waals surface area (Å²) in [7, 11) is 0. The molecule has 18 heavy (non-hydrogen) atoms. The summed E-state index contributed by atoms with van der Waals surface area (Å²) in [6, 6.07) is 3.83. The molecule has 1 fully saturated rings. The highest BCUT2D eigenvalue weighted by Gasteiger charge is 2.23. The Morgan fingerprint density at radius 3 is 2.11 bits per heavy atom. The number of nitrogens with zero attached hydrogens (tertiary/aromatic N) is 1. The minimum absolute atomic E-state index is 0. The van der Waals surface area contributed by atoms with Gasteiger partial charge in [0.2, 0.25) is 0 Å². The second-order valence-corrected chi connectivity index (χ2v) is 4.10. The molecule has 1 N–H and O–H groups in total. The first-order chi connectivity index (χ1) is 7.70. The minimum atomic E-state index is -0.453. The largest absolute Gasteiger partial charge is 0.314 e. The van der Waals surface area contributed by atoms with E-state index in [1.807, 2.05) is 6.92 Å². The SMILES string of the molecule is CC(c1c(F)cccc1F)N1CCNCC1.Cl.Cl. The topological polar surface area (TPSA) is 15.3 Å². The van der Waals surface area contributed by atoms with E-state index in [1.165, 1.54) is 18.2 Å². The average Bonchev–Trinajstić information content (AvgIpc) is 2.30. The van der Waals surface area contributed by atoms with Gasteiger partial charge in [-0.1, -0.05) is 6.07 Å². The molecule has 0 saturated carbocycles. The van der Waals surface area contributed by atoms with E-state index in [0.717, 1.165) is 26.2 Å². The quantitative estimate of drug-likeness (QED) is 0.903. The summed E-state index contributed by atoms with van der Waals surface area (Å²) in [6.07, 6.45) is 0. The van der Waals surface area contributed by atoms with Crippen LogP contribution >= 0.6 is 24.8 Å². The van der Waals surface area contributed by atoms with E-state index >= 15 is 0 Å². The van der Waals surface area contributed by atoms with Crippen molar-refractivity contribution in [2.75, 3.05) is 26.2 Å². The highest BCUT2D eigenvalue weighted by atomic mass is 35.5. The van der Waals surface area contributed by atoms with Crippen LogP contribution in [-0.4, -0.2) is 31.1 Å². The van der Waals surface area contributed by atoms with Crippen LogP contribution in [0.3, 0.4) is 0 Å². The fraction of sp³-hybridized carbons (Fsp3) is 0.500. The molecule has 0 amide bonds. The van der Waals surface area contributed by atoms with Crippen LogP contribution in [0.1, 0.15) is 18.5 Å². The van der Waals surface area contributed by atoms with Gasteiger partial charge in [-0.3, -0.25) is 4.90 Å². The number of nitrogens with one attached hydrogen (secondary N) is 1. The van der Waals surface area contributed by atoms with Gasteiger partial charge < -0.3 is 5.32 Å². The predicted molar refractivity (Wildman–Crippen MR) is 73.7 cm³/mol. The first-order valence-electron chi connectivity index (χ1n) is 5.59. The summed E-state index contributed by atoms with van der Waals surface area (Å²) < 4.78 is 27.1. The highest BCUT2D eigenvalue weighted by Crippen LogP contribution is 2.25. The standard InChI is InChI=1S/C12H16F2N2.2ClH/c1-9(16-7-5-15-6-8-16)12-10(13)3-2-4-11(12)14;;/h2-4,9,15H,5-8H2,1H3;2*1H. The molecule has 0 aliphatic carbocycles. The van der Waals surface area contributed by atoms with Crippen LogP contribution in [0.5, 0.6) is 0 Å². The number of hydrogen-bond acceptors (Lipinski definition) is 2. The first-order valence-corrected chi connectivity index (χ1v) is 5.59. The van der Waals surface area contributed by atoms with Crippen molar-refractivity contribution in [3.8, 4) is 0 Å². The van der Waals surface area contributed by atoms with Crippen LogP contribution in [0, 0.1) is 11.6 Å². The van der Waals surface area contributed by atoms with Gasteiger partial charge in [0, 0.05) is 37.8 Å². The van der Waals surface area contributed by atoms with Crippen LogP contribution in [0.4, 0.5) is 8.78 Å². The number of hydrogen-bond donors (Lipinski definition) is 1. The van der Waals surface area contributed by atoms with Crippen molar-refractivity contribution in [1.82, 2.24) is 10.2 Å². The fourth-order valence-corrected chi connectivity index (χ4v) is 2.16. The summed E-state index contributed by atoms with van der Waals surface area (Å²) in [4.78, 5) is 2.10. The van der Waals surface area contributed by atoms with Crippen LogP contribution in [0.2, 0.25) is 0 Å². The molecule has 2 rings (SSSR count). The molecule has 1 saturated heterocycles. The maximum absolute atomic E-state index is 13.6. The Morgan fingerprint density at radius 2 is 1.61 bits per heavy atom. The van der Waals surface area contributed by atoms with Gasteiger partial charge in [0.15, 0.2) is 0 Å². The zero-order chi connectivity index (χ0) is 11.5. The maximum Gasteiger partial charge on any atom is 0.130 e. The van der Waals surface area contributed by atoms with Gasteiger partial charge in [-0.2, -0.15) is 0 Å². The van der Waals surface area contributed by atoms with E-state index in [9.17, 15) is 8.78 Å². The molecule has 1 aromatic rings. The Hall–Kier alpha value is -0.420. The Bertz CT molecular complexity index is 351. The van der Waals surface area contributed by atoms with Gasteiger partial charge in [-0.05, 0) is 19.1 Å². The Morgan fingerprint density at radius 1 is 1.11 bits per heavy atom. The number of piperazine rings is 1. The van der Waals surface area contributed by atoms with Gasteiger partial charge in [0.25, 0.3) is 0 Å². The molecule has 0 radical (unpaired) electrons. The Balaban J connectivity index is 0.00000144. The van der Waals surface area contributed by atoms with E-state index in [4.69, 9.17) is 0 Å². The van der Waals surface area contributed by atoms with Crippen molar-refractivity contribution >= 4 is 24.8 Å². The van der Waals surface area contributed by atoms with Crippen molar-refractivity contribution < 1.29 is 8.78 Å². The monoisotopic (exact) mass is 298 g/mol. The third kappa shape index (κ3) is 3.79. The molecule has 0 aromatic heterocycles. The summed E-state index contributed by atoms with van der Waals surface area (Å²) in [5.41, 5.74) is 0.185. The third-order valence-electron chi connectivity index (χ3n) is 3.12. The van der Waals surface area contributed by atoms with Crippen molar-refractivity contribution in [2.45, 2.75) is 13.0 Å². The van der Waals surface area contributed by atoms with Crippen LogP contribution in [-0.2, 0) is 0 Å². The maximum atomic E-state index is 13.6. The Labute approximate surface area is 119 Å². The third-order valence-corrected chi connectivity index (χ3v) is 3.12. The number of rotatable bonds is 2. The molecule has 0 bridgehead atoms. The van der Waals surface area contributed by atoms with Crippen molar-refractivity contribution in [2.24, 2.45) is 0 Å². The lowest BCUT2D eigenvalue weighted by Crippen LogP contribution is -2.44. The predicted octanol–water partition coefficient (Wildman–Crippen LogP) is 2.77. The molecule has 6 heteroatoms. The molecule has 2 nitrogen and oxygen atoms in total. The number of benzene rings is 1. The molecule has 1 heterocycles. The zero-order valence-corrected chi connectivity index (χ0v) is 11.8. The lowest BCUT2D eigenvalue weighted by molar-refractivity contribution is 0.179. The summed E-state index contributed by atoms with van der Waals surface area (Å²) in [6.45, 7) is 5.26. The second kappa shape index (κ2) is 7.89.